The number of carbonyl (C=O) groups is 1. The van der Waals surface area contributed by atoms with Crippen molar-refractivity contribution in [3.8, 4) is 0 Å². The maximum atomic E-state index is 12.6. The lowest BCUT2D eigenvalue weighted by Gasteiger charge is -2.36. The number of rotatable bonds is 7. The molecule has 7 heteroatoms. The fraction of sp³-hybridized carbons (Fsp3) is 0.632. The zero-order valence-corrected chi connectivity index (χ0v) is 16.2. The standard InChI is InChI=1S/C19H28N2O4S/c1-26(23,24)20-12-17-9-10-18(14-20)21(13-17)19(22)8-5-11-25-15-16-6-3-2-4-7-16/h2-4,6-7,17-18H,5,8-15H2,1H3/t17-,18+/m0/s1. The van der Waals surface area contributed by atoms with Crippen LogP contribution < -0.4 is 0 Å². The van der Waals surface area contributed by atoms with Crippen molar-refractivity contribution >= 4 is 15.9 Å². The van der Waals surface area contributed by atoms with Crippen LogP contribution in [0.15, 0.2) is 30.3 Å². The molecule has 3 heterocycles. The van der Waals surface area contributed by atoms with E-state index in [1.54, 1.807) is 4.31 Å². The molecule has 2 bridgehead atoms. The summed E-state index contributed by atoms with van der Waals surface area (Å²) in [6.07, 6.45) is 4.30. The summed E-state index contributed by atoms with van der Waals surface area (Å²) in [7, 11) is -3.20. The molecule has 2 atom stereocenters. The van der Waals surface area contributed by atoms with Gasteiger partial charge in [-0.2, -0.15) is 4.31 Å². The first-order chi connectivity index (χ1) is 12.4. The average Bonchev–Trinajstić information content (AvgIpc) is 2.94. The number of fused-ring (bicyclic) bond motifs is 4. The van der Waals surface area contributed by atoms with Crippen LogP contribution in [0.3, 0.4) is 0 Å². The van der Waals surface area contributed by atoms with Crippen LogP contribution in [0, 0.1) is 5.92 Å². The number of ether oxygens (including phenoxy) is 1. The van der Waals surface area contributed by atoms with Gasteiger partial charge >= 0.3 is 0 Å². The van der Waals surface area contributed by atoms with Gasteiger partial charge in [0.05, 0.1) is 12.9 Å². The molecule has 4 rings (SSSR count). The second kappa shape index (κ2) is 8.50. The van der Waals surface area contributed by atoms with Crippen molar-refractivity contribution in [2.24, 2.45) is 5.92 Å². The van der Waals surface area contributed by atoms with E-state index in [0.29, 0.717) is 45.7 Å². The second-order valence-corrected chi connectivity index (χ2v) is 9.35. The highest BCUT2D eigenvalue weighted by Gasteiger charge is 2.39. The van der Waals surface area contributed by atoms with Crippen molar-refractivity contribution < 1.29 is 17.9 Å². The molecular formula is C19H28N2O4S. The Labute approximate surface area is 156 Å². The van der Waals surface area contributed by atoms with Gasteiger partial charge in [-0.15, -0.1) is 0 Å². The maximum absolute atomic E-state index is 12.6. The molecule has 3 aliphatic rings. The molecule has 0 N–H and O–H groups in total. The molecule has 3 aliphatic heterocycles. The SMILES string of the molecule is CS(=O)(=O)N1C[C@@H]2CC[C@H](C1)N(C(=O)CCCOCc1ccccc1)C2. The van der Waals surface area contributed by atoms with Crippen LogP contribution >= 0.6 is 0 Å². The highest BCUT2D eigenvalue weighted by molar-refractivity contribution is 7.88. The van der Waals surface area contributed by atoms with E-state index >= 15 is 0 Å². The monoisotopic (exact) mass is 380 g/mol. The molecule has 26 heavy (non-hydrogen) atoms. The third kappa shape index (κ3) is 5.05. The van der Waals surface area contributed by atoms with E-state index in [9.17, 15) is 13.2 Å². The van der Waals surface area contributed by atoms with Crippen LogP contribution in [0.2, 0.25) is 0 Å². The molecule has 3 saturated heterocycles. The normalized spacial score (nSPS) is 23.8. The Kier molecular flexibility index (Phi) is 6.32. The van der Waals surface area contributed by atoms with Gasteiger partial charge in [-0.3, -0.25) is 4.79 Å². The zero-order chi connectivity index (χ0) is 18.6. The molecular weight excluding hydrogens is 352 g/mol. The third-order valence-corrected chi connectivity index (χ3v) is 6.50. The molecule has 1 amide bonds. The zero-order valence-electron chi connectivity index (χ0n) is 15.3. The maximum Gasteiger partial charge on any atom is 0.222 e. The summed E-state index contributed by atoms with van der Waals surface area (Å²) in [5.74, 6) is 0.375. The number of nitrogens with zero attached hydrogens (tertiary/aromatic N) is 2. The predicted molar refractivity (Wildman–Crippen MR) is 100.0 cm³/mol. The number of amides is 1. The topological polar surface area (TPSA) is 66.9 Å². The van der Waals surface area contributed by atoms with Crippen molar-refractivity contribution in [2.75, 3.05) is 32.5 Å². The van der Waals surface area contributed by atoms with Crippen LogP contribution in [-0.2, 0) is 26.2 Å². The summed E-state index contributed by atoms with van der Waals surface area (Å²) in [6, 6.07) is 10.00. The van der Waals surface area contributed by atoms with Crippen LogP contribution in [-0.4, -0.2) is 62.1 Å². The first kappa shape index (κ1) is 19.3. The molecule has 0 radical (unpaired) electrons. The van der Waals surface area contributed by atoms with E-state index in [4.69, 9.17) is 4.74 Å². The number of benzene rings is 1. The molecule has 144 valence electrons. The van der Waals surface area contributed by atoms with Crippen LogP contribution in [0.5, 0.6) is 0 Å². The van der Waals surface area contributed by atoms with Crippen molar-refractivity contribution in [1.29, 1.82) is 0 Å². The first-order valence-corrected chi connectivity index (χ1v) is 11.1. The molecule has 0 saturated carbocycles. The Bertz CT molecular complexity index is 708. The van der Waals surface area contributed by atoms with E-state index in [0.717, 1.165) is 18.4 Å². The van der Waals surface area contributed by atoms with Crippen LogP contribution in [0.25, 0.3) is 0 Å². The average molecular weight is 381 g/mol. The van der Waals surface area contributed by atoms with Gasteiger partial charge in [-0.25, -0.2) is 8.42 Å². The number of hydrogen-bond acceptors (Lipinski definition) is 4. The lowest BCUT2D eigenvalue weighted by molar-refractivity contribution is -0.135. The van der Waals surface area contributed by atoms with Gasteiger partial charge in [0.1, 0.15) is 0 Å². The van der Waals surface area contributed by atoms with Gasteiger partial charge in [0, 0.05) is 38.7 Å². The Morgan fingerprint density at radius 1 is 1.15 bits per heavy atom. The molecule has 3 fully saturated rings. The van der Waals surface area contributed by atoms with E-state index in [-0.39, 0.29) is 17.9 Å². The molecule has 6 nitrogen and oxygen atoms in total. The molecule has 1 aromatic carbocycles. The third-order valence-electron chi connectivity index (χ3n) is 5.26. The van der Waals surface area contributed by atoms with Gasteiger partial charge in [0.15, 0.2) is 0 Å². The van der Waals surface area contributed by atoms with Crippen molar-refractivity contribution in [3.05, 3.63) is 35.9 Å². The van der Waals surface area contributed by atoms with Crippen LogP contribution in [0.1, 0.15) is 31.2 Å². The van der Waals surface area contributed by atoms with Gasteiger partial charge in [-0.05, 0) is 30.7 Å². The van der Waals surface area contributed by atoms with Gasteiger partial charge < -0.3 is 9.64 Å². The number of carbonyl (C=O) groups excluding carboxylic acids is 1. The fourth-order valence-corrected chi connectivity index (χ4v) is 4.77. The smallest absolute Gasteiger partial charge is 0.222 e. The van der Waals surface area contributed by atoms with Crippen LogP contribution in [0.4, 0.5) is 0 Å². The predicted octanol–water partition coefficient (Wildman–Crippen LogP) is 1.87. The summed E-state index contributed by atoms with van der Waals surface area (Å²) in [6.45, 7) is 2.77. The lowest BCUT2D eigenvalue weighted by Crippen LogP contribution is -2.47. The van der Waals surface area contributed by atoms with Gasteiger partial charge in [0.25, 0.3) is 0 Å². The highest BCUT2D eigenvalue weighted by Crippen LogP contribution is 2.29. The van der Waals surface area contributed by atoms with Gasteiger partial charge in [-0.1, -0.05) is 30.3 Å². The quantitative estimate of drug-likeness (QED) is 0.677. The Morgan fingerprint density at radius 2 is 1.92 bits per heavy atom. The molecule has 0 aromatic heterocycles. The summed E-state index contributed by atoms with van der Waals surface area (Å²) < 4.78 is 31.0. The Hall–Kier alpha value is -1.44. The molecule has 0 aliphatic carbocycles. The summed E-state index contributed by atoms with van der Waals surface area (Å²) in [4.78, 5) is 14.5. The number of hydrogen-bond donors (Lipinski definition) is 0. The van der Waals surface area contributed by atoms with Crippen molar-refractivity contribution in [2.45, 2.75) is 38.3 Å². The van der Waals surface area contributed by atoms with Crippen molar-refractivity contribution in [3.63, 3.8) is 0 Å². The summed E-state index contributed by atoms with van der Waals surface area (Å²) in [5.41, 5.74) is 1.13. The van der Waals surface area contributed by atoms with Gasteiger partial charge in [0.2, 0.25) is 15.9 Å². The number of sulfonamides is 1. The molecule has 1 aromatic rings. The minimum Gasteiger partial charge on any atom is -0.377 e. The minimum absolute atomic E-state index is 0.0150. The van der Waals surface area contributed by atoms with E-state index < -0.39 is 10.0 Å². The summed E-state index contributed by atoms with van der Waals surface area (Å²) in [5, 5.41) is 0. The Balaban J connectivity index is 1.45. The second-order valence-electron chi connectivity index (χ2n) is 7.37. The first-order valence-electron chi connectivity index (χ1n) is 9.30. The fourth-order valence-electron chi connectivity index (χ4n) is 3.85. The largest absolute Gasteiger partial charge is 0.377 e. The van der Waals surface area contributed by atoms with E-state index in [1.165, 1.54) is 6.26 Å². The highest BCUT2D eigenvalue weighted by atomic mass is 32.2. The minimum atomic E-state index is -3.20. The summed E-state index contributed by atoms with van der Waals surface area (Å²) >= 11 is 0. The molecule has 0 spiro atoms. The van der Waals surface area contributed by atoms with Crippen molar-refractivity contribution in [1.82, 2.24) is 9.21 Å². The molecule has 0 unspecified atom stereocenters. The number of piperidine rings is 1. The Morgan fingerprint density at radius 3 is 2.65 bits per heavy atom. The van der Waals surface area contributed by atoms with E-state index in [2.05, 4.69) is 0 Å². The van der Waals surface area contributed by atoms with E-state index in [1.807, 2.05) is 35.2 Å². The lowest BCUT2D eigenvalue weighted by atomic mass is 9.94.